The molecule has 0 saturated carbocycles. The second-order valence-corrected chi connectivity index (χ2v) is 3.04. The van der Waals surface area contributed by atoms with Crippen molar-refractivity contribution >= 4 is 15.9 Å². The summed E-state index contributed by atoms with van der Waals surface area (Å²) in [5.41, 5.74) is 0.955. The number of ether oxygens (including phenoxy) is 1. The quantitative estimate of drug-likeness (QED) is 0.735. The summed E-state index contributed by atoms with van der Waals surface area (Å²) in [7, 11) is 0. The first-order valence-corrected chi connectivity index (χ1v) is 4.27. The lowest BCUT2D eigenvalue weighted by atomic mass is 10.2. The highest BCUT2D eigenvalue weighted by Crippen LogP contribution is 2.21. The minimum atomic E-state index is 0.696. The third-order valence-electron chi connectivity index (χ3n) is 1.33. The zero-order valence-corrected chi connectivity index (χ0v) is 8.02. The van der Waals surface area contributed by atoms with Gasteiger partial charge in [0.15, 0.2) is 0 Å². The largest absolute Gasteiger partial charge is 0.494 e. The van der Waals surface area contributed by atoms with Crippen LogP contribution in [0.1, 0.15) is 12.5 Å². The lowest BCUT2D eigenvalue weighted by Gasteiger charge is -2.04. The van der Waals surface area contributed by atoms with Gasteiger partial charge >= 0.3 is 0 Å². The smallest absolute Gasteiger partial charge is 0.119 e. The molecule has 0 N–H and O–H groups in total. The van der Waals surface area contributed by atoms with E-state index < -0.39 is 0 Å². The van der Waals surface area contributed by atoms with Gasteiger partial charge in [-0.2, -0.15) is 0 Å². The highest BCUT2D eigenvalue weighted by atomic mass is 79.9. The molecule has 0 bridgehead atoms. The third-order valence-corrected chi connectivity index (χ3v) is 2.10. The SMILES string of the molecule is [CH2]c1cc(OCC)ccc1Br. The second-order valence-electron chi connectivity index (χ2n) is 2.19. The van der Waals surface area contributed by atoms with Crippen molar-refractivity contribution in [2.24, 2.45) is 0 Å². The number of rotatable bonds is 2. The van der Waals surface area contributed by atoms with E-state index in [0.29, 0.717) is 6.61 Å². The van der Waals surface area contributed by atoms with Gasteiger partial charge in [-0.15, -0.1) is 0 Å². The van der Waals surface area contributed by atoms with E-state index in [-0.39, 0.29) is 0 Å². The third kappa shape index (κ3) is 2.22. The van der Waals surface area contributed by atoms with Crippen molar-refractivity contribution in [3.05, 3.63) is 35.2 Å². The van der Waals surface area contributed by atoms with Crippen molar-refractivity contribution in [1.29, 1.82) is 0 Å². The molecular weight excluding hydrogens is 204 g/mol. The summed E-state index contributed by atoms with van der Waals surface area (Å²) < 4.78 is 6.30. The lowest BCUT2D eigenvalue weighted by Crippen LogP contribution is -1.91. The van der Waals surface area contributed by atoms with E-state index in [1.54, 1.807) is 0 Å². The maximum atomic E-state index is 5.28. The Balaban J connectivity index is 2.86. The fourth-order valence-corrected chi connectivity index (χ4v) is 1.05. The lowest BCUT2D eigenvalue weighted by molar-refractivity contribution is 0.340. The summed E-state index contributed by atoms with van der Waals surface area (Å²) in [6, 6.07) is 5.77. The molecule has 0 unspecified atom stereocenters. The van der Waals surface area contributed by atoms with Crippen LogP contribution >= 0.6 is 15.9 Å². The zero-order valence-electron chi connectivity index (χ0n) is 6.43. The summed E-state index contributed by atoms with van der Waals surface area (Å²) in [4.78, 5) is 0. The molecule has 0 amide bonds. The Labute approximate surface area is 75.5 Å². The normalized spacial score (nSPS) is 9.73. The molecule has 0 aliphatic rings. The molecule has 0 saturated heterocycles. The minimum Gasteiger partial charge on any atom is -0.494 e. The van der Waals surface area contributed by atoms with Gasteiger partial charge in [0.25, 0.3) is 0 Å². The standard InChI is InChI=1S/C9H10BrO/c1-3-11-8-4-5-9(10)7(2)6-8/h4-6H,2-3H2,1H3. The van der Waals surface area contributed by atoms with Gasteiger partial charge in [0, 0.05) is 4.47 Å². The van der Waals surface area contributed by atoms with Gasteiger partial charge in [0.05, 0.1) is 6.61 Å². The molecule has 1 aromatic rings. The Morgan fingerprint density at radius 1 is 1.55 bits per heavy atom. The van der Waals surface area contributed by atoms with E-state index in [1.807, 2.05) is 25.1 Å². The first kappa shape index (κ1) is 8.60. The number of halogens is 1. The van der Waals surface area contributed by atoms with Gasteiger partial charge in [-0.1, -0.05) is 15.9 Å². The molecular formula is C9H10BrO. The topological polar surface area (TPSA) is 9.23 Å². The molecule has 0 aromatic heterocycles. The number of hydrogen-bond acceptors (Lipinski definition) is 1. The monoisotopic (exact) mass is 213 g/mol. The van der Waals surface area contributed by atoms with Crippen molar-refractivity contribution in [2.45, 2.75) is 6.92 Å². The van der Waals surface area contributed by atoms with Crippen molar-refractivity contribution in [1.82, 2.24) is 0 Å². The van der Waals surface area contributed by atoms with E-state index in [4.69, 9.17) is 4.74 Å². The van der Waals surface area contributed by atoms with Crippen LogP contribution in [0.3, 0.4) is 0 Å². The summed E-state index contributed by atoms with van der Waals surface area (Å²) >= 11 is 3.36. The van der Waals surface area contributed by atoms with Crippen LogP contribution in [0.4, 0.5) is 0 Å². The molecule has 1 aromatic carbocycles. The summed E-state index contributed by atoms with van der Waals surface area (Å²) in [5.74, 6) is 0.876. The average Bonchev–Trinajstić information content (AvgIpc) is 1.98. The van der Waals surface area contributed by atoms with Crippen LogP contribution < -0.4 is 4.74 Å². The Hall–Kier alpha value is -0.500. The Morgan fingerprint density at radius 3 is 2.82 bits per heavy atom. The van der Waals surface area contributed by atoms with Crippen LogP contribution in [0.25, 0.3) is 0 Å². The molecule has 0 spiro atoms. The molecule has 1 nitrogen and oxygen atoms in total. The Bertz CT molecular complexity index is 245. The van der Waals surface area contributed by atoms with Crippen LogP contribution in [-0.4, -0.2) is 6.61 Å². The predicted molar refractivity (Wildman–Crippen MR) is 49.8 cm³/mol. The van der Waals surface area contributed by atoms with Crippen LogP contribution in [-0.2, 0) is 0 Å². The Morgan fingerprint density at radius 2 is 2.27 bits per heavy atom. The molecule has 1 radical (unpaired) electrons. The van der Waals surface area contributed by atoms with Gasteiger partial charge in [-0.05, 0) is 37.6 Å². The molecule has 0 fully saturated rings. The first-order chi connectivity index (χ1) is 5.24. The van der Waals surface area contributed by atoms with Gasteiger partial charge in [-0.3, -0.25) is 0 Å². The maximum Gasteiger partial charge on any atom is 0.119 e. The van der Waals surface area contributed by atoms with Crippen LogP contribution in [0, 0.1) is 6.92 Å². The van der Waals surface area contributed by atoms with E-state index in [1.165, 1.54) is 0 Å². The number of benzene rings is 1. The summed E-state index contributed by atoms with van der Waals surface area (Å²) in [5, 5.41) is 0. The molecule has 0 heterocycles. The second kappa shape index (κ2) is 3.77. The molecule has 0 atom stereocenters. The highest BCUT2D eigenvalue weighted by molar-refractivity contribution is 9.10. The van der Waals surface area contributed by atoms with Crippen LogP contribution in [0.5, 0.6) is 5.75 Å². The summed E-state index contributed by atoms with van der Waals surface area (Å²) in [6.45, 7) is 6.49. The minimum absolute atomic E-state index is 0.696. The van der Waals surface area contributed by atoms with Crippen LogP contribution in [0.2, 0.25) is 0 Å². The first-order valence-electron chi connectivity index (χ1n) is 3.48. The van der Waals surface area contributed by atoms with E-state index >= 15 is 0 Å². The van der Waals surface area contributed by atoms with Gasteiger partial charge < -0.3 is 4.74 Å². The molecule has 1 rings (SSSR count). The zero-order chi connectivity index (χ0) is 8.27. The van der Waals surface area contributed by atoms with Crippen molar-refractivity contribution < 1.29 is 4.74 Å². The van der Waals surface area contributed by atoms with Gasteiger partial charge in [0.2, 0.25) is 0 Å². The van der Waals surface area contributed by atoms with Crippen molar-refractivity contribution in [2.75, 3.05) is 6.61 Å². The number of hydrogen-bond donors (Lipinski definition) is 0. The fourth-order valence-electron chi connectivity index (χ4n) is 0.808. The van der Waals surface area contributed by atoms with E-state index in [2.05, 4.69) is 22.9 Å². The van der Waals surface area contributed by atoms with E-state index in [0.717, 1.165) is 15.8 Å². The predicted octanol–water partition coefficient (Wildman–Crippen LogP) is 3.03. The molecule has 0 aliphatic heterocycles. The maximum absolute atomic E-state index is 5.28. The highest BCUT2D eigenvalue weighted by Gasteiger charge is 1.95. The Kier molecular flexibility index (Phi) is 2.94. The molecule has 59 valence electrons. The van der Waals surface area contributed by atoms with Gasteiger partial charge in [-0.25, -0.2) is 0 Å². The molecule has 11 heavy (non-hydrogen) atoms. The molecule has 2 heteroatoms. The average molecular weight is 214 g/mol. The fraction of sp³-hybridized carbons (Fsp3) is 0.222. The van der Waals surface area contributed by atoms with Crippen molar-refractivity contribution in [3.8, 4) is 5.75 Å². The van der Waals surface area contributed by atoms with E-state index in [9.17, 15) is 0 Å². The van der Waals surface area contributed by atoms with Crippen LogP contribution in [0.15, 0.2) is 22.7 Å². The molecule has 0 aliphatic carbocycles. The van der Waals surface area contributed by atoms with Crippen molar-refractivity contribution in [3.63, 3.8) is 0 Å². The van der Waals surface area contributed by atoms with Gasteiger partial charge in [0.1, 0.15) is 5.75 Å². The summed E-state index contributed by atoms with van der Waals surface area (Å²) in [6.07, 6.45) is 0.